The number of nitrogens with zero attached hydrogens (tertiary/aromatic N) is 3. The van der Waals surface area contributed by atoms with Crippen LogP contribution in [0.4, 0.5) is 11.6 Å². The summed E-state index contributed by atoms with van der Waals surface area (Å²) in [5.41, 5.74) is 6.86. The monoisotopic (exact) mass is 283 g/mol. The Bertz CT molecular complexity index is 595. The van der Waals surface area contributed by atoms with Crippen LogP contribution < -0.4 is 11.1 Å². The second kappa shape index (κ2) is 6.10. The second-order valence-corrected chi connectivity index (χ2v) is 5.51. The number of hydrogen-bond donors (Lipinski definition) is 2. The average Bonchev–Trinajstić information content (AvgIpc) is 3.32. The van der Waals surface area contributed by atoms with Crippen molar-refractivity contribution in [1.29, 1.82) is 0 Å². The molecule has 1 aliphatic carbocycles. The van der Waals surface area contributed by atoms with Crippen LogP contribution in [0.25, 0.3) is 11.4 Å². The van der Waals surface area contributed by atoms with Crippen LogP contribution in [0.3, 0.4) is 0 Å². The van der Waals surface area contributed by atoms with Crippen LogP contribution >= 0.6 is 0 Å². The number of nitrogens with two attached hydrogens (primary N) is 1. The summed E-state index contributed by atoms with van der Waals surface area (Å²) >= 11 is 0. The number of hydrogen-bond acceptors (Lipinski definition) is 5. The lowest BCUT2D eigenvalue weighted by Gasteiger charge is -2.16. The summed E-state index contributed by atoms with van der Waals surface area (Å²) in [6, 6.07) is 12.5. The van der Waals surface area contributed by atoms with Crippen LogP contribution in [0.2, 0.25) is 0 Å². The molecule has 1 aliphatic rings. The van der Waals surface area contributed by atoms with E-state index in [-0.39, 0.29) is 0 Å². The second-order valence-electron chi connectivity index (χ2n) is 5.51. The van der Waals surface area contributed by atoms with Crippen molar-refractivity contribution in [3.63, 3.8) is 0 Å². The van der Waals surface area contributed by atoms with E-state index in [4.69, 9.17) is 5.73 Å². The molecule has 0 bridgehead atoms. The third-order valence-electron chi connectivity index (χ3n) is 3.72. The fraction of sp³-hybridized carbons (Fsp3) is 0.375. The van der Waals surface area contributed by atoms with E-state index in [2.05, 4.69) is 27.2 Å². The van der Waals surface area contributed by atoms with E-state index >= 15 is 0 Å². The number of benzene rings is 1. The minimum atomic E-state index is 0.488. The molecule has 3 rings (SSSR count). The van der Waals surface area contributed by atoms with Gasteiger partial charge in [-0.25, -0.2) is 9.97 Å². The summed E-state index contributed by atoms with van der Waals surface area (Å²) in [4.78, 5) is 11.2. The molecule has 1 saturated carbocycles. The Morgan fingerprint density at radius 1 is 1.24 bits per heavy atom. The van der Waals surface area contributed by atoms with E-state index in [0.29, 0.717) is 11.6 Å². The molecule has 1 aromatic heterocycles. The molecule has 5 nitrogen and oxygen atoms in total. The smallest absolute Gasteiger partial charge is 0.163 e. The topological polar surface area (TPSA) is 67.1 Å². The molecular weight excluding hydrogens is 262 g/mol. The zero-order valence-electron chi connectivity index (χ0n) is 12.3. The SMILES string of the molecule is CN(CCNc1cc(N)nc(-c2ccccc2)n1)C1CC1. The van der Waals surface area contributed by atoms with Crippen molar-refractivity contribution in [2.24, 2.45) is 0 Å². The highest BCUT2D eigenvalue weighted by molar-refractivity contribution is 5.60. The van der Waals surface area contributed by atoms with Crippen molar-refractivity contribution in [3.8, 4) is 11.4 Å². The predicted molar refractivity (Wildman–Crippen MR) is 86.0 cm³/mol. The molecule has 0 aliphatic heterocycles. The Morgan fingerprint density at radius 2 is 2.00 bits per heavy atom. The third kappa shape index (κ3) is 3.70. The quantitative estimate of drug-likeness (QED) is 0.851. The van der Waals surface area contributed by atoms with E-state index in [1.807, 2.05) is 30.3 Å². The van der Waals surface area contributed by atoms with Gasteiger partial charge in [0.25, 0.3) is 0 Å². The Kier molecular flexibility index (Phi) is 4.01. The molecule has 2 aromatic rings. The summed E-state index contributed by atoms with van der Waals surface area (Å²) in [7, 11) is 2.17. The van der Waals surface area contributed by atoms with E-state index < -0.39 is 0 Å². The molecule has 1 aromatic carbocycles. The zero-order chi connectivity index (χ0) is 14.7. The largest absolute Gasteiger partial charge is 0.384 e. The number of rotatable bonds is 6. The maximum absolute atomic E-state index is 5.88. The maximum atomic E-state index is 5.88. The summed E-state index contributed by atoms with van der Waals surface area (Å²) in [6.07, 6.45) is 2.66. The number of nitrogens with one attached hydrogen (secondary N) is 1. The van der Waals surface area contributed by atoms with Gasteiger partial charge in [0, 0.05) is 30.8 Å². The molecule has 21 heavy (non-hydrogen) atoms. The molecule has 0 spiro atoms. The van der Waals surface area contributed by atoms with Gasteiger partial charge in [0.2, 0.25) is 0 Å². The number of likely N-dealkylation sites (N-methyl/N-ethyl adjacent to an activating group) is 1. The van der Waals surface area contributed by atoms with Crippen molar-refractivity contribution >= 4 is 11.6 Å². The Hall–Kier alpha value is -2.14. The van der Waals surface area contributed by atoms with Crippen LogP contribution in [0.5, 0.6) is 0 Å². The molecule has 0 amide bonds. The highest BCUT2D eigenvalue weighted by Crippen LogP contribution is 2.24. The minimum absolute atomic E-state index is 0.488. The van der Waals surface area contributed by atoms with Gasteiger partial charge in [0.15, 0.2) is 5.82 Å². The van der Waals surface area contributed by atoms with Gasteiger partial charge in [0.1, 0.15) is 11.6 Å². The molecule has 0 radical (unpaired) electrons. The first-order valence-electron chi connectivity index (χ1n) is 7.36. The van der Waals surface area contributed by atoms with Crippen molar-refractivity contribution in [3.05, 3.63) is 36.4 Å². The van der Waals surface area contributed by atoms with E-state index in [1.165, 1.54) is 12.8 Å². The lowest BCUT2D eigenvalue weighted by atomic mass is 10.2. The van der Waals surface area contributed by atoms with Gasteiger partial charge >= 0.3 is 0 Å². The standard InChI is InChI=1S/C16H21N5/c1-21(13-7-8-13)10-9-18-15-11-14(17)19-16(20-15)12-5-3-2-4-6-12/h2-6,11,13H,7-10H2,1H3,(H3,17,18,19,20). The maximum Gasteiger partial charge on any atom is 0.163 e. The first-order chi connectivity index (χ1) is 10.2. The Morgan fingerprint density at radius 3 is 2.71 bits per heavy atom. The molecule has 0 atom stereocenters. The average molecular weight is 283 g/mol. The summed E-state index contributed by atoms with van der Waals surface area (Å²) < 4.78 is 0. The van der Waals surface area contributed by atoms with Gasteiger partial charge in [-0.05, 0) is 19.9 Å². The molecule has 1 fully saturated rings. The molecular formula is C16H21N5. The summed E-state index contributed by atoms with van der Waals surface area (Å²) in [5, 5.41) is 3.34. The first kappa shape index (κ1) is 13.8. The van der Waals surface area contributed by atoms with Crippen LogP contribution in [-0.4, -0.2) is 41.0 Å². The van der Waals surface area contributed by atoms with Gasteiger partial charge in [0.05, 0.1) is 0 Å². The van der Waals surface area contributed by atoms with Gasteiger partial charge in [-0.2, -0.15) is 0 Å². The molecule has 0 unspecified atom stereocenters. The number of nitrogen functional groups attached to an aromatic ring is 1. The fourth-order valence-corrected chi connectivity index (χ4v) is 2.33. The van der Waals surface area contributed by atoms with Crippen LogP contribution in [0.15, 0.2) is 36.4 Å². The van der Waals surface area contributed by atoms with Gasteiger partial charge in [-0.1, -0.05) is 30.3 Å². The van der Waals surface area contributed by atoms with Gasteiger partial charge in [-0.15, -0.1) is 0 Å². The lowest BCUT2D eigenvalue weighted by molar-refractivity contribution is 0.337. The number of aromatic nitrogens is 2. The summed E-state index contributed by atoms with van der Waals surface area (Å²) in [6.45, 7) is 1.87. The molecule has 1 heterocycles. The van der Waals surface area contributed by atoms with Crippen LogP contribution in [-0.2, 0) is 0 Å². The minimum Gasteiger partial charge on any atom is -0.384 e. The van der Waals surface area contributed by atoms with E-state index in [1.54, 1.807) is 6.07 Å². The molecule has 3 N–H and O–H groups in total. The van der Waals surface area contributed by atoms with Crippen molar-refractivity contribution in [1.82, 2.24) is 14.9 Å². The Labute approximate surface area is 125 Å². The van der Waals surface area contributed by atoms with Crippen LogP contribution in [0, 0.1) is 0 Å². The van der Waals surface area contributed by atoms with Crippen molar-refractivity contribution in [2.75, 3.05) is 31.2 Å². The highest BCUT2D eigenvalue weighted by Gasteiger charge is 2.25. The fourth-order valence-electron chi connectivity index (χ4n) is 2.33. The Balaban J connectivity index is 1.66. The summed E-state index contributed by atoms with van der Waals surface area (Å²) in [5.74, 6) is 1.93. The third-order valence-corrected chi connectivity index (χ3v) is 3.72. The lowest BCUT2D eigenvalue weighted by Crippen LogP contribution is -2.27. The normalized spacial score (nSPS) is 14.4. The van der Waals surface area contributed by atoms with Gasteiger partial charge in [-0.3, -0.25) is 0 Å². The van der Waals surface area contributed by atoms with E-state index in [0.717, 1.165) is 30.5 Å². The van der Waals surface area contributed by atoms with E-state index in [9.17, 15) is 0 Å². The van der Waals surface area contributed by atoms with Gasteiger partial charge < -0.3 is 16.0 Å². The zero-order valence-corrected chi connectivity index (χ0v) is 12.3. The van der Waals surface area contributed by atoms with Crippen LogP contribution in [0.1, 0.15) is 12.8 Å². The first-order valence-corrected chi connectivity index (χ1v) is 7.36. The molecule has 0 saturated heterocycles. The van der Waals surface area contributed by atoms with Crippen molar-refractivity contribution < 1.29 is 0 Å². The number of anilines is 2. The molecule has 110 valence electrons. The van der Waals surface area contributed by atoms with Crippen molar-refractivity contribution in [2.45, 2.75) is 18.9 Å². The predicted octanol–water partition coefficient (Wildman–Crippen LogP) is 2.23. The molecule has 5 heteroatoms. The highest BCUT2D eigenvalue weighted by atomic mass is 15.2.